The van der Waals surface area contributed by atoms with Gasteiger partial charge in [0.15, 0.2) is 0 Å². The lowest BCUT2D eigenvalue weighted by molar-refractivity contribution is 0.0110. The lowest BCUT2D eigenvalue weighted by Gasteiger charge is -2.36. The van der Waals surface area contributed by atoms with E-state index in [1.54, 1.807) is 0 Å². The molecule has 1 aliphatic rings. The third kappa shape index (κ3) is 3.11. The zero-order valence-corrected chi connectivity index (χ0v) is 11.1. The van der Waals surface area contributed by atoms with Crippen molar-refractivity contribution in [3.63, 3.8) is 0 Å². The summed E-state index contributed by atoms with van der Waals surface area (Å²) in [5.41, 5.74) is -0.517. The first kappa shape index (κ1) is 13.3. The molecule has 4 heteroatoms. The van der Waals surface area contributed by atoms with Crippen molar-refractivity contribution in [2.45, 2.75) is 51.7 Å². The third-order valence-electron chi connectivity index (χ3n) is 2.92. The molecule has 0 aromatic carbocycles. The number of likely N-dealkylation sites (N-methyl/N-ethyl adjacent to an activating group) is 1. The van der Waals surface area contributed by atoms with Crippen molar-refractivity contribution in [2.24, 2.45) is 0 Å². The number of likely N-dealkylation sites (tertiary alicyclic amines) is 1. The summed E-state index contributed by atoms with van der Waals surface area (Å²) in [5.74, 6) is 0. The Morgan fingerprint density at radius 1 is 1.50 bits per heavy atom. The van der Waals surface area contributed by atoms with Crippen LogP contribution >= 0.6 is 0 Å². The number of carbonyl (C=O) groups is 1. The monoisotopic (exact) mass is 228 g/mol. The number of hydrogen-bond acceptors (Lipinski definition) is 3. The Morgan fingerprint density at radius 3 is 2.62 bits per heavy atom. The highest BCUT2D eigenvalue weighted by molar-refractivity contribution is 5.69. The molecule has 1 heterocycles. The van der Waals surface area contributed by atoms with E-state index in [0.717, 1.165) is 25.9 Å². The van der Waals surface area contributed by atoms with Crippen LogP contribution in [0, 0.1) is 0 Å². The largest absolute Gasteiger partial charge is 0.444 e. The minimum absolute atomic E-state index is 0.100. The molecule has 1 amide bonds. The van der Waals surface area contributed by atoms with Crippen molar-refractivity contribution < 1.29 is 9.53 Å². The van der Waals surface area contributed by atoms with E-state index in [9.17, 15) is 4.79 Å². The molecule has 1 rings (SSSR count). The van der Waals surface area contributed by atoms with Crippen molar-refractivity contribution >= 4 is 6.09 Å². The van der Waals surface area contributed by atoms with Gasteiger partial charge in [0.05, 0.1) is 5.54 Å². The van der Waals surface area contributed by atoms with Gasteiger partial charge in [-0.3, -0.25) is 0 Å². The van der Waals surface area contributed by atoms with Crippen LogP contribution in [0.3, 0.4) is 0 Å². The standard InChI is InChI=1S/C12H24N2O2/c1-11(2,3)16-10(15)14-8-6-7-12(14,4)9-13-5/h13H,6-9H2,1-5H3/t12-/m0/s1. The molecule has 4 nitrogen and oxygen atoms in total. The second-order valence-corrected chi connectivity index (χ2v) is 5.76. The summed E-state index contributed by atoms with van der Waals surface area (Å²) in [6.07, 6.45) is 1.90. The van der Waals surface area contributed by atoms with E-state index in [1.807, 2.05) is 32.7 Å². The minimum atomic E-state index is -0.416. The number of nitrogens with zero attached hydrogens (tertiary/aromatic N) is 1. The smallest absolute Gasteiger partial charge is 0.410 e. The summed E-state index contributed by atoms with van der Waals surface area (Å²) in [6.45, 7) is 9.42. The first-order valence-corrected chi connectivity index (χ1v) is 5.94. The van der Waals surface area contributed by atoms with Gasteiger partial charge in [0.25, 0.3) is 0 Å². The fourth-order valence-corrected chi connectivity index (χ4v) is 2.22. The zero-order valence-electron chi connectivity index (χ0n) is 11.1. The fraction of sp³-hybridized carbons (Fsp3) is 0.917. The molecule has 1 saturated heterocycles. The summed E-state index contributed by atoms with van der Waals surface area (Å²) >= 11 is 0. The van der Waals surface area contributed by atoms with E-state index >= 15 is 0 Å². The Hall–Kier alpha value is -0.770. The lowest BCUT2D eigenvalue weighted by Crippen LogP contribution is -2.52. The number of ether oxygens (including phenoxy) is 1. The topological polar surface area (TPSA) is 41.6 Å². The maximum Gasteiger partial charge on any atom is 0.410 e. The Balaban J connectivity index is 2.68. The highest BCUT2D eigenvalue weighted by Gasteiger charge is 2.40. The molecule has 0 aliphatic carbocycles. The van der Waals surface area contributed by atoms with Gasteiger partial charge >= 0.3 is 6.09 Å². The molecule has 0 aromatic rings. The van der Waals surface area contributed by atoms with E-state index in [4.69, 9.17) is 4.74 Å². The molecule has 0 aromatic heterocycles. The Bertz CT molecular complexity index is 260. The van der Waals surface area contributed by atoms with Crippen LogP contribution in [0.1, 0.15) is 40.5 Å². The second-order valence-electron chi connectivity index (χ2n) is 5.76. The molecule has 0 spiro atoms. The predicted molar refractivity (Wildman–Crippen MR) is 64.5 cm³/mol. The van der Waals surface area contributed by atoms with Gasteiger partial charge in [-0.1, -0.05) is 0 Å². The maximum absolute atomic E-state index is 12.0. The van der Waals surface area contributed by atoms with Crippen molar-refractivity contribution in [1.29, 1.82) is 0 Å². The van der Waals surface area contributed by atoms with Crippen LogP contribution in [0.5, 0.6) is 0 Å². The van der Waals surface area contributed by atoms with Crippen molar-refractivity contribution in [1.82, 2.24) is 10.2 Å². The molecular formula is C12H24N2O2. The molecule has 1 atom stereocenters. The van der Waals surface area contributed by atoms with Gasteiger partial charge in [0.2, 0.25) is 0 Å². The van der Waals surface area contributed by atoms with E-state index in [1.165, 1.54) is 0 Å². The summed E-state index contributed by atoms with van der Waals surface area (Å²) in [7, 11) is 1.91. The van der Waals surface area contributed by atoms with Gasteiger partial charge in [0.1, 0.15) is 5.60 Å². The van der Waals surface area contributed by atoms with Crippen LogP contribution in [0.15, 0.2) is 0 Å². The number of hydrogen-bond donors (Lipinski definition) is 1. The molecular weight excluding hydrogens is 204 g/mol. The molecule has 0 saturated carbocycles. The van der Waals surface area contributed by atoms with Crippen molar-refractivity contribution in [2.75, 3.05) is 20.1 Å². The lowest BCUT2D eigenvalue weighted by atomic mass is 9.99. The SMILES string of the molecule is CNC[C@]1(C)CCCN1C(=O)OC(C)(C)C. The fourth-order valence-electron chi connectivity index (χ4n) is 2.22. The van der Waals surface area contributed by atoms with Gasteiger partial charge in [-0.05, 0) is 47.6 Å². The number of rotatable bonds is 2. The van der Waals surface area contributed by atoms with E-state index in [0.29, 0.717) is 0 Å². The van der Waals surface area contributed by atoms with Gasteiger partial charge < -0.3 is 15.0 Å². The molecule has 0 unspecified atom stereocenters. The van der Waals surface area contributed by atoms with Gasteiger partial charge in [-0.15, -0.1) is 0 Å². The van der Waals surface area contributed by atoms with E-state index < -0.39 is 5.60 Å². The number of amides is 1. The Kier molecular flexibility index (Phi) is 3.84. The van der Waals surface area contributed by atoms with Crippen LogP contribution in [0.25, 0.3) is 0 Å². The molecule has 16 heavy (non-hydrogen) atoms. The van der Waals surface area contributed by atoms with Crippen LogP contribution in [0.2, 0.25) is 0 Å². The number of nitrogens with one attached hydrogen (secondary N) is 1. The normalized spacial score (nSPS) is 25.9. The predicted octanol–water partition coefficient (Wildman–Crippen LogP) is 2.00. The zero-order chi connectivity index (χ0) is 12.4. The quantitative estimate of drug-likeness (QED) is 0.786. The van der Waals surface area contributed by atoms with Crippen molar-refractivity contribution in [3.05, 3.63) is 0 Å². The summed E-state index contributed by atoms with van der Waals surface area (Å²) in [6, 6.07) is 0. The number of carbonyl (C=O) groups excluding carboxylic acids is 1. The van der Waals surface area contributed by atoms with Crippen molar-refractivity contribution in [3.8, 4) is 0 Å². The average molecular weight is 228 g/mol. The highest BCUT2D eigenvalue weighted by Crippen LogP contribution is 2.29. The summed E-state index contributed by atoms with van der Waals surface area (Å²) in [5, 5.41) is 3.15. The van der Waals surface area contributed by atoms with E-state index in [2.05, 4.69) is 12.2 Å². The minimum Gasteiger partial charge on any atom is -0.444 e. The highest BCUT2D eigenvalue weighted by atomic mass is 16.6. The summed E-state index contributed by atoms with van der Waals surface area (Å²) in [4.78, 5) is 13.9. The first-order chi connectivity index (χ1) is 7.28. The Morgan fingerprint density at radius 2 is 2.12 bits per heavy atom. The molecule has 0 bridgehead atoms. The molecule has 1 N–H and O–H groups in total. The average Bonchev–Trinajstić information content (AvgIpc) is 2.44. The molecule has 1 aliphatic heterocycles. The molecule has 1 fully saturated rings. The van der Waals surface area contributed by atoms with E-state index in [-0.39, 0.29) is 11.6 Å². The van der Waals surface area contributed by atoms with Crippen LogP contribution in [0.4, 0.5) is 4.79 Å². The van der Waals surface area contributed by atoms with Crippen LogP contribution < -0.4 is 5.32 Å². The molecule has 0 radical (unpaired) electrons. The third-order valence-corrected chi connectivity index (χ3v) is 2.92. The van der Waals surface area contributed by atoms with Crippen LogP contribution in [-0.2, 0) is 4.74 Å². The Labute approximate surface area is 98.3 Å². The van der Waals surface area contributed by atoms with Crippen LogP contribution in [-0.4, -0.2) is 42.3 Å². The second kappa shape index (κ2) is 4.62. The van der Waals surface area contributed by atoms with Gasteiger partial charge in [0, 0.05) is 13.1 Å². The maximum atomic E-state index is 12.0. The first-order valence-electron chi connectivity index (χ1n) is 5.94. The summed E-state index contributed by atoms with van der Waals surface area (Å²) < 4.78 is 5.42. The van der Waals surface area contributed by atoms with Gasteiger partial charge in [-0.2, -0.15) is 0 Å². The molecule has 94 valence electrons. The van der Waals surface area contributed by atoms with Gasteiger partial charge in [-0.25, -0.2) is 4.79 Å².